The van der Waals surface area contributed by atoms with Gasteiger partial charge in [0.05, 0.1) is 24.1 Å². The number of aryl methyl sites for hydroxylation is 1. The van der Waals surface area contributed by atoms with E-state index in [1.807, 2.05) is 6.92 Å². The van der Waals surface area contributed by atoms with Gasteiger partial charge in [-0.2, -0.15) is 0 Å². The Kier molecular flexibility index (Phi) is 3.61. The van der Waals surface area contributed by atoms with Crippen LogP contribution in [0.25, 0.3) is 5.65 Å². The number of carbonyl (C=O) groups excluding carboxylic acids is 1. The third-order valence-electron chi connectivity index (χ3n) is 3.38. The van der Waals surface area contributed by atoms with Gasteiger partial charge in [-0.15, -0.1) is 0 Å². The molecule has 1 amide bonds. The molecule has 0 bridgehead atoms. The molecule has 0 unspecified atom stereocenters. The van der Waals surface area contributed by atoms with Crippen molar-refractivity contribution in [1.29, 1.82) is 0 Å². The van der Waals surface area contributed by atoms with E-state index in [-0.39, 0.29) is 16.9 Å². The zero-order valence-electron chi connectivity index (χ0n) is 12.6. The van der Waals surface area contributed by atoms with E-state index in [9.17, 15) is 9.18 Å². The lowest BCUT2D eigenvalue weighted by Crippen LogP contribution is -2.15. The number of methoxy groups -OCH3 is 1. The van der Waals surface area contributed by atoms with E-state index < -0.39 is 11.7 Å². The molecule has 0 aliphatic rings. The van der Waals surface area contributed by atoms with Crippen LogP contribution in [0.15, 0.2) is 36.7 Å². The SMILES string of the molecule is COc1cc2nc(C)cn2cc1C(=O)Nc1ccc(N)cc1F. The number of rotatable bonds is 3. The van der Waals surface area contributed by atoms with Crippen LogP contribution in [0.2, 0.25) is 0 Å². The maximum absolute atomic E-state index is 13.8. The summed E-state index contributed by atoms with van der Waals surface area (Å²) in [5.74, 6) is -0.730. The Morgan fingerprint density at radius 2 is 2.13 bits per heavy atom. The number of fused-ring (bicyclic) bond motifs is 1. The van der Waals surface area contributed by atoms with Crippen LogP contribution in [0.3, 0.4) is 0 Å². The number of pyridine rings is 1. The van der Waals surface area contributed by atoms with Crippen molar-refractivity contribution in [3.05, 3.63) is 53.7 Å². The highest BCUT2D eigenvalue weighted by molar-refractivity contribution is 6.06. The monoisotopic (exact) mass is 314 g/mol. The average molecular weight is 314 g/mol. The summed E-state index contributed by atoms with van der Waals surface area (Å²) in [4.78, 5) is 16.8. The number of benzene rings is 1. The van der Waals surface area contributed by atoms with Gasteiger partial charge in [-0.25, -0.2) is 9.37 Å². The molecule has 0 aliphatic heterocycles. The van der Waals surface area contributed by atoms with E-state index in [0.29, 0.717) is 11.4 Å². The van der Waals surface area contributed by atoms with Gasteiger partial charge < -0.3 is 20.2 Å². The fraction of sp³-hybridized carbons (Fsp3) is 0.125. The van der Waals surface area contributed by atoms with Crippen LogP contribution in [-0.4, -0.2) is 22.4 Å². The number of nitrogens with zero attached hydrogens (tertiary/aromatic N) is 2. The highest BCUT2D eigenvalue weighted by Crippen LogP contribution is 2.23. The number of aromatic nitrogens is 2. The van der Waals surface area contributed by atoms with Crippen molar-refractivity contribution in [1.82, 2.24) is 9.38 Å². The molecule has 0 fully saturated rings. The summed E-state index contributed by atoms with van der Waals surface area (Å²) in [5.41, 5.74) is 7.58. The number of nitrogen functional groups attached to an aromatic ring is 1. The summed E-state index contributed by atoms with van der Waals surface area (Å²) in [5, 5.41) is 2.52. The first-order valence-electron chi connectivity index (χ1n) is 6.87. The second-order valence-electron chi connectivity index (χ2n) is 5.10. The topological polar surface area (TPSA) is 81.7 Å². The van der Waals surface area contributed by atoms with Crippen LogP contribution in [0.1, 0.15) is 16.1 Å². The molecule has 1 aromatic carbocycles. The Hall–Kier alpha value is -3.09. The molecule has 0 saturated heterocycles. The molecular weight excluding hydrogens is 299 g/mol. The van der Waals surface area contributed by atoms with E-state index in [0.717, 1.165) is 11.8 Å². The zero-order valence-corrected chi connectivity index (χ0v) is 12.6. The van der Waals surface area contributed by atoms with Gasteiger partial charge in [-0.05, 0) is 25.1 Å². The van der Waals surface area contributed by atoms with Crippen molar-refractivity contribution in [2.24, 2.45) is 0 Å². The maximum Gasteiger partial charge on any atom is 0.261 e. The maximum atomic E-state index is 13.8. The molecule has 3 N–H and O–H groups in total. The summed E-state index contributed by atoms with van der Waals surface area (Å²) in [7, 11) is 1.46. The lowest BCUT2D eigenvalue weighted by atomic mass is 10.2. The molecule has 3 rings (SSSR count). The third-order valence-corrected chi connectivity index (χ3v) is 3.38. The summed E-state index contributed by atoms with van der Waals surface area (Å²) >= 11 is 0. The molecule has 2 heterocycles. The second-order valence-corrected chi connectivity index (χ2v) is 5.10. The van der Waals surface area contributed by atoms with E-state index >= 15 is 0 Å². The molecule has 7 heteroatoms. The summed E-state index contributed by atoms with van der Waals surface area (Å²) in [6, 6.07) is 5.73. The fourth-order valence-electron chi connectivity index (χ4n) is 2.30. The van der Waals surface area contributed by atoms with E-state index in [1.165, 1.54) is 19.2 Å². The van der Waals surface area contributed by atoms with Gasteiger partial charge in [0.25, 0.3) is 5.91 Å². The lowest BCUT2D eigenvalue weighted by molar-refractivity contribution is 0.102. The van der Waals surface area contributed by atoms with Gasteiger partial charge in [-0.3, -0.25) is 4.79 Å². The number of carbonyl (C=O) groups is 1. The normalized spacial score (nSPS) is 10.7. The molecule has 3 aromatic rings. The zero-order chi connectivity index (χ0) is 16.6. The van der Waals surface area contributed by atoms with Gasteiger partial charge in [0.2, 0.25) is 0 Å². The number of imidazole rings is 1. The molecule has 2 aromatic heterocycles. The molecule has 0 radical (unpaired) electrons. The molecule has 0 atom stereocenters. The minimum atomic E-state index is -0.600. The van der Waals surface area contributed by atoms with Gasteiger partial charge in [0.1, 0.15) is 17.2 Å². The number of halogens is 1. The molecule has 23 heavy (non-hydrogen) atoms. The van der Waals surface area contributed by atoms with Crippen LogP contribution in [0.4, 0.5) is 15.8 Å². The molecule has 118 valence electrons. The van der Waals surface area contributed by atoms with Gasteiger partial charge >= 0.3 is 0 Å². The van der Waals surface area contributed by atoms with Crippen molar-refractivity contribution < 1.29 is 13.9 Å². The van der Waals surface area contributed by atoms with Crippen LogP contribution in [0, 0.1) is 12.7 Å². The van der Waals surface area contributed by atoms with Crippen molar-refractivity contribution in [3.63, 3.8) is 0 Å². The molecule has 0 aliphatic carbocycles. The first kappa shape index (κ1) is 14.8. The van der Waals surface area contributed by atoms with E-state index in [2.05, 4.69) is 10.3 Å². The average Bonchev–Trinajstić information content (AvgIpc) is 2.87. The quantitative estimate of drug-likeness (QED) is 0.728. The summed E-state index contributed by atoms with van der Waals surface area (Å²) < 4.78 is 20.8. The molecule has 0 spiro atoms. The van der Waals surface area contributed by atoms with Crippen molar-refractivity contribution in [2.75, 3.05) is 18.2 Å². The van der Waals surface area contributed by atoms with Crippen LogP contribution < -0.4 is 15.8 Å². The Labute approximate surface area is 131 Å². The molecule has 6 nitrogen and oxygen atoms in total. The Balaban J connectivity index is 1.99. The first-order chi connectivity index (χ1) is 11.0. The number of amides is 1. The smallest absolute Gasteiger partial charge is 0.261 e. The number of nitrogens with two attached hydrogens (primary N) is 1. The van der Waals surface area contributed by atoms with Gasteiger partial charge in [0, 0.05) is 24.1 Å². The first-order valence-corrected chi connectivity index (χ1v) is 6.87. The Bertz CT molecular complexity index is 904. The Morgan fingerprint density at radius 3 is 2.83 bits per heavy atom. The molecular formula is C16H15FN4O2. The summed E-state index contributed by atoms with van der Waals surface area (Å²) in [6.07, 6.45) is 3.38. The standard InChI is InChI=1S/C16H15FN4O2/c1-9-7-21-8-11(14(23-2)6-15(21)19-9)16(22)20-13-4-3-10(18)5-12(13)17/h3-8H,18H2,1-2H3,(H,20,22). The van der Waals surface area contributed by atoms with Crippen molar-refractivity contribution in [2.45, 2.75) is 6.92 Å². The predicted molar refractivity (Wildman–Crippen MR) is 85.2 cm³/mol. The number of ether oxygens (including phenoxy) is 1. The minimum Gasteiger partial charge on any atom is -0.496 e. The van der Waals surface area contributed by atoms with Gasteiger partial charge in [0.15, 0.2) is 0 Å². The third kappa shape index (κ3) is 2.80. The Morgan fingerprint density at radius 1 is 1.35 bits per heavy atom. The van der Waals surface area contributed by atoms with Crippen LogP contribution in [-0.2, 0) is 0 Å². The van der Waals surface area contributed by atoms with Crippen molar-refractivity contribution in [3.8, 4) is 5.75 Å². The van der Waals surface area contributed by atoms with Gasteiger partial charge in [-0.1, -0.05) is 0 Å². The van der Waals surface area contributed by atoms with E-state index in [1.54, 1.807) is 22.9 Å². The van der Waals surface area contributed by atoms with Crippen LogP contribution in [0.5, 0.6) is 5.75 Å². The number of anilines is 2. The highest BCUT2D eigenvalue weighted by Gasteiger charge is 2.16. The number of nitrogens with one attached hydrogen (secondary N) is 1. The number of hydrogen-bond donors (Lipinski definition) is 2. The predicted octanol–water partition coefficient (Wildman–Crippen LogP) is 2.62. The summed E-state index contributed by atoms with van der Waals surface area (Å²) in [6.45, 7) is 1.85. The largest absolute Gasteiger partial charge is 0.496 e. The fourth-order valence-corrected chi connectivity index (χ4v) is 2.30. The van der Waals surface area contributed by atoms with E-state index in [4.69, 9.17) is 10.5 Å². The van der Waals surface area contributed by atoms with Crippen molar-refractivity contribution >= 4 is 22.9 Å². The number of hydrogen-bond acceptors (Lipinski definition) is 4. The molecule has 0 saturated carbocycles. The highest BCUT2D eigenvalue weighted by atomic mass is 19.1. The minimum absolute atomic E-state index is 0.0492. The van der Waals surface area contributed by atoms with Crippen LogP contribution >= 0.6 is 0 Å². The lowest BCUT2D eigenvalue weighted by Gasteiger charge is -2.11. The second kappa shape index (κ2) is 5.60.